The molecule has 11 heteroatoms. The quantitative estimate of drug-likeness (QED) is 0.617. The fourth-order valence-electron chi connectivity index (χ4n) is 3.56. The zero-order valence-electron chi connectivity index (χ0n) is 18.1. The average molecular weight is 486 g/mol. The first-order valence-corrected chi connectivity index (χ1v) is 12.2. The molecular weight excluding hydrogens is 459 g/mol. The van der Waals surface area contributed by atoms with Crippen molar-refractivity contribution < 1.29 is 31.1 Å². The molecule has 2 aromatic carbocycles. The third-order valence-electron chi connectivity index (χ3n) is 5.08. The van der Waals surface area contributed by atoms with Crippen molar-refractivity contribution >= 4 is 21.6 Å². The molecule has 0 bridgehead atoms. The van der Waals surface area contributed by atoms with Crippen molar-refractivity contribution in [3.63, 3.8) is 0 Å². The predicted molar refractivity (Wildman–Crippen MR) is 118 cm³/mol. The number of halogens is 3. The van der Waals surface area contributed by atoms with Gasteiger partial charge in [0.1, 0.15) is 5.75 Å². The average Bonchev–Trinajstić information content (AvgIpc) is 2.74. The van der Waals surface area contributed by atoms with Crippen molar-refractivity contribution in [1.29, 1.82) is 0 Å². The second-order valence-corrected chi connectivity index (χ2v) is 9.60. The summed E-state index contributed by atoms with van der Waals surface area (Å²) < 4.78 is 67.1. The highest BCUT2D eigenvalue weighted by atomic mass is 32.2. The third kappa shape index (κ3) is 7.64. The van der Waals surface area contributed by atoms with Gasteiger partial charge >= 0.3 is 6.36 Å². The highest BCUT2D eigenvalue weighted by molar-refractivity contribution is 7.92. The van der Waals surface area contributed by atoms with E-state index >= 15 is 0 Å². The van der Waals surface area contributed by atoms with Gasteiger partial charge in [-0.1, -0.05) is 25.1 Å². The van der Waals surface area contributed by atoms with E-state index in [1.165, 1.54) is 18.2 Å². The van der Waals surface area contributed by atoms with Crippen LogP contribution in [0, 0.1) is 0 Å². The number of rotatable bonds is 8. The SMILES string of the molecule is CCCS(=O)(=O)Nc1cccc(C(=O)N2CCN(Cc3ccc(OC(F)(F)F)cc3)CC2)c1. The lowest BCUT2D eigenvalue weighted by Crippen LogP contribution is -2.48. The molecule has 1 saturated heterocycles. The van der Waals surface area contributed by atoms with Crippen LogP contribution in [0.2, 0.25) is 0 Å². The summed E-state index contributed by atoms with van der Waals surface area (Å²) >= 11 is 0. The Bertz CT molecular complexity index is 1050. The molecule has 0 unspecified atom stereocenters. The minimum Gasteiger partial charge on any atom is -0.406 e. The van der Waals surface area contributed by atoms with E-state index in [0.717, 1.165) is 5.56 Å². The van der Waals surface area contributed by atoms with Crippen molar-refractivity contribution in [3.8, 4) is 5.75 Å². The summed E-state index contributed by atoms with van der Waals surface area (Å²) in [6, 6.07) is 12.2. The number of carbonyl (C=O) groups excluding carboxylic acids is 1. The summed E-state index contributed by atoms with van der Waals surface area (Å²) in [4.78, 5) is 16.7. The second kappa shape index (κ2) is 10.4. The Morgan fingerprint density at radius 3 is 2.33 bits per heavy atom. The van der Waals surface area contributed by atoms with Crippen LogP contribution in [0.5, 0.6) is 5.75 Å². The molecule has 0 spiro atoms. The normalized spacial score (nSPS) is 15.3. The maximum Gasteiger partial charge on any atom is 0.573 e. The van der Waals surface area contributed by atoms with Crippen molar-refractivity contribution in [2.75, 3.05) is 36.7 Å². The van der Waals surface area contributed by atoms with Crippen LogP contribution in [-0.2, 0) is 16.6 Å². The number of nitrogens with one attached hydrogen (secondary N) is 1. The van der Waals surface area contributed by atoms with E-state index in [4.69, 9.17) is 0 Å². The summed E-state index contributed by atoms with van der Waals surface area (Å²) in [5, 5.41) is 0. The van der Waals surface area contributed by atoms with Gasteiger partial charge in [0, 0.05) is 44.0 Å². The number of amides is 1. The Morgan fingerprint density at radius 2 is 1.73 bits per heavy atom. The first-order valence-electron chi connectivity index (χ1n) is 10.5. The summed E-state index contributed by atoms with van der Waals surface area (Å²) in [5.41, 5.74) is 1.60. The highest BCUT2D eigenvalue weighted by Crippen LogP contribution is 2.23. The molecule has 1 aliphatic rings. The molecule has 0 radical (unpaired) electrons. The van der Waals surface area contributed by atoms with Gasteiger partial charge in [-0.25, -0.2) is 8.42 Å². The van der Waals surface area contributed by atoms with Gasteiger partial charge in [0.05, 0.1) is 5.75 Å². The Morgan fingerprint density at radius 1 is 1.06 bits per heavy atom. The van der Waals surface area contributed by atoms with E-state index in [2.05, 4.69) is 14.4 Å². The molecule has 1 fully saturated rings. The Hall–Kier alpha value is -2.79. The summed E-state index contributed by atoms with van der Waals surface area (Å²) in [6.45, 7) is 4.50. The fraction of sp³-hybridized carbons (Fsp3) is 0.409. The molecule has 1 amide bonds. The second-order valence-electron chi connectivity index (χ2n) is 7.76. The summed E-state index contributed by atoms with van der Waals surface area (Å²) in [6.07, 6.45) is -4.23. The number of hydrogen-bond donors (Lipinski definition) is 1. The Kier molecular flexibility index (Phi) is 7.85. The van der Waals surface area contributed by atoms with Crippen LogP contribution in [0.1, 0.15) is 29.3 Å². The summed E-state index contributed by atoms with van der Waals surface area (Å²) in [5.74, 6) is -0.439. The van der Waals surface area contributed by atoms with E-state index in [1.54, 1.807) is 42.2 Å². The van der Waals surface area contributed by atoms with Gasteiger partial charge in [-0.2, -0.15) is 0 Å². The first kappa shape index (κ1) is 24.8. The van der Waals surface area contributed by atoms with Crippen LogP contribution in [-0.4, -0.2) is 62.4 Å². The van der Waals surface area contributed by atoms with Crippen LogP contribution in [0.4, 0.5) is 18.9 Å². The van der Waals surface area contributed by atoms with Gasteiger partial charge in [0.25, 0.3) is 5.91 Å². The third-order valence-corrected chi connectivity index (χ3v) is 6.57. The van der Waals surface area contributed by atoms with Gasteiger partial charge in [-0.3, -0.25) is 14.4 Å². The topological polar surface area (TPSA) is 79.0 Å². The number of sulfonamides is 1. The standard InChI is InChI=1S/C22H26F3N3O4S/c1-2-14-33(30,31)26-19-5-3-4-18(15-19)21(29)28-12-10-27(11-13-28)16-17-6-8-20(9-7-17)32-22(23,24)25/h3-9,15,26H,2,10-14,16H2,1H3. The van der Waals surface area contributed by atoms with Crippen molar-refractivity contribution in [3.05, 3.63) is 59.7 Å². The number of alkyl halides is 3. The van der Waals surface area contributed by atoms with E-state index in [1.807, 2.05) is 0 Å². The molecule has 3 rings (SSSR count). The molecule has 180 valence electrons. The summed E-state index contributed by atoms with van der Waals surface area (Å²) in [7, 11) is -3.45. The molecule has 7 nitrogen and oxygen atoms in total. The smallest absolute Gasteiger partial charge is 0.406 e. The lowest BCUT2D eigenvalue weighted by Gasteiger charge is -2.35. The Balaban J connectivity index is 1.53. The van der Waals surface area contributed by atoms with Crippen LogP contribution >= 0.6 is 0 Å². The van der Waals surface area contributed by atoms with Gasteiger partial charge in [0.2, 0.25) is 10.0 Å². The van der Waals surface area contributed by atoms with E-state index in [-0.39, 0.29) is 17.4 Å². The van der Waals surface area contributed by atoms with E-state index in [9.17, 15) is 26.4 Å². The number of carbonyl (C=O) groups is 1. The van der Waals surface area contributed by atoms with Gasteiger partial charge < -0.3 is 9.64 Å². The molecule has 2 aromatic rings. The van der Waals surface area contributed by atoms with Crippen LogP contribution in [0.25, 0.3) is 0 Å². The molecule has 0 aliphatic carbocycles. The molecule has 0 saturated carbocycles. The lowest BCUT2D eigenvalue weighted by atomic mass is 10.1. The van der Waals surface area contributed by atoms with Crippen LogP contribution in [0.15, 0.2) is 48.5 Å². The number of benzene rings is 2. The Labute approximate surface area is 191 Å². The maximum atomic E-state index is 12.9. The largest absolute Gasteiger partial charge is 0.573 e. The first-order chi connectivity index (χ1) is 15.5. The van der Waals surface area contributed by atoms with E-state index < -0.39 is 16.4 Å². The molecule has 1 heterocycles. The van der Waals surface area contributed by atoms with Gasteiger partial charge in [-0.15, -0.1) is 13.2 Å². The maximum absolute atomic E-state index is 12.9. The van der Waals surface area contributed by atoms with Crippen molar-refractivity contribution in [2.24, 2.45) is 0 Å². The predicted octanol–water partition coefficient (Wildman–Crippen LogP) is 3.69. The minimum absolute atomic E-state index is 0.00517. The molecule has 0 aromatic heterocycles. The minimum atomic E-state index is -4.72. The number of piperazine rings is 1. The zero-order valence-corrected chi connectivity index (χ0v) is 19.0. The number of anilines is 1. The number of ether oxygens (including phenoxy) is 1. The monoisotopic (exact) mass is 485 g/mol. The fourth-order valence-corrected chi connectivity index (χ4v) is 4.69. The van der Waals surface area contributed by atoms with Crippen molar-refractivity contribution in [1.82, 2.24) is 9.80 Å². The zero-order chi connectivity index (χ0) is 24.1. The van der Waals surface area contributed by atoms with Crippen LogP contribution < -0.4 is 9.46 Å². The van der Waals surface area contributed by atoms with Gasteiger partial charge in [0.15, 0.2) is 0 Å². The number of hydrogen-bond acceptors (Lipinski definition) is 5. The van der Waals surface area contributed by atoms with Crippen molar-refractivity contribution in [2.45, 2.75) is 26.3 Å². The van der Waals surface area contributed by atoms with Crippen LogP contribution in [0.3, 0.4) is 0 Å². The lowest BCUT2D eigenvalue weighted by molar-refractivity contribution is -0.274. The highest BCUT2D eigenvalue weighted by Gasteiger charge is 2.31. The molecule has 1 aliphatic heterocycles. The molecule has 0 atom stereocenters. The molecule has 33 heavy (non-hydrogen) atoms. The van der Waals surface area contributed by atoms with E-state index in [0.29, 0.717) is 50.4 Å². The van der Waals surface area contributed by atoms with Gasteiger partial charge in [-0.05, 0) is 42.3 Å². The molecule has 1 N–H and O–H groups in total. The number of nitrogens with zero attached hydrogens (tertiary/aromatic N) is 2. The molecular formula is C22H26F3N3O4S.